The number of nitriles is 1. The van der Waals surface area contributed by atoms with Crippen molar-refractivity contribution < 1.29 is 0 Å². The van der Waals surface area contributed by atoms with Gasteiger partial charge in [-0.1, -0.05) is 93.1 Å². The van der Waals surface area contributed by atoms with E-state index in [9.17, 15) is 5.26 Å². The molecule has 2 fully saturated rings. The van der Waals surface area contributed by atoms with Gasteiger partial charge in [0.05, 0.1) is 11.6 Å². The fraction of sp³-hybridized carbons (Fsp3) is 0.286. The molecule has 2 bridgehead atoms. The molecule has 0 saturated heterocycles. The SMILES string of the molecule is CC[C@@H]1C[C@@H]2C[C@H](C)CC(c3ccc4c(ccc5cc(-c6nc(-c7ccccc7)nc(-c7ccc(C#N)cc7)n6)ccc54)c3)(C1)C2. The molecule has 4 heteroatoms. The van der Waals surface area contributed by atoms with Crippen molar-refractivity contribution in [2.45, 2.75) is 57.8 Å². The molecule has 0 aliphatic heterocycles. The predicted octanol–water partition coefficient (Wildman–Crippen LogP) is 10.5. The van der Waals surface area contributed by atoms with Crippen LogP contribution in [0.3, 0.4) is 0 Å². The number of hydrogen-bond donors (Lipinski definition) is 0. The maximum atomic E-state index is 9.28. The van der Waals surface area contributed by atoms with Gasteiger partial charge in [-0.05, 0) is 113 Å². The Labute approximate surface area is 271 Å². The largest absolute Gasteiger partial charge is 0.208 e. The summed E-state index contributed by atoms with van der Waals surface area (Å²) in [6, 6.07) is 38.1. The van der Waals surface area contributed by atoms with Gasteiger partial charge in [0, 0.05) is 16.7 Å². The highest BCUT2D eigenvalue weighted by Gasteiger charge is 2.45. The number of nitrogens with zero attached hydrogens (tertiary/aromatic N) is 4. The summed E-state index contributed by atoms with van der Waals surface area (Å²) >= 11 is 0. The molecular formula is C42H38N4. The van der Waals surface area contributed by atoms with Crippen molar-refractivity contribution in [2.24, 2.45) is 17.8 Å². The van der Waals surface area contributed by atoms with Gasteiger partial charge in [0.25, 0.3) is 0 Å². The molecule has 6 aromatic rings. The van der Waals surface area contributed by atoms with Gasteiger partial charge < -0.3 is 0 Å². The molecule has 4 atom stereocenters. The molecule has 1 heterocycles. The van der Waals surface area contributed by atoms with E-state index in [-0.39, 0.29) is 0 Å². The van der Waals surface area contributed by atoms with Gasteiger partial charge in [-0.15, -0.1) is 0 Å². The Kier molecular flexibility index (Phi) is 7.14. The minimum absolute atomic E-state index is 0.329. The number of aromatic nitrogens is 3. The summed E-state index contributed by atoms with van der Waals surface area (Å²) in [5.41, 5.74) is 5.23. The molecule has 5 aromatic carbocycles. The lowest BCUT2D eigenvalue weighted by Crippen LogP contribution is -2.42. The molecule has 4 nitrogen and oxygen atoms in total. The normalized spacial score (nSPS) is 22.5. The zero-order chi connectivity index (χ0) is 31.3. The van der Waals surface area contributed by atoms with Gasteiger partial charge >= 0.3 is 0 Å². The summed E-state index contributed by atoms with van der Waals surface area (Å²) in [5, 5.41) is 14.3. The van der Waals surface area contributed by atoms with E-state index in [0.29, 0.717) is 28.5 Å². The number of hydrogen-bond acceptors (Lipinski definition) is 4. The van der Waals surface area contributed by atoms with Gasteiger partial charge in [-0.3, -0.25) is 0 Å². The van der Waals surface area contributed by atoms with E-state index < -0.39 is 0 Å². The van der Waals surface area contributed by atoms with E-state index in [1.165, 1.54) is 60.1 Å². The molecule has 0 amide bonds. The topological polar surface area (TPSA) is 62.5 Å². The predicted molar refractivity (Wildman–Crippen MR) is 187 cm³/mol. The van der Waals surface area contributed by atoms with E-state index in [0.717, 1.165) is 34.4 Å². The average Bonchev–Trinajstić information content (AvgIpc) is 3.10. The lowest BCUT2D eigenvalue weighted by Gasteiger charge is -2.51. The first-order valence-corrected chi connectivity index (χ1v) is 16.8. The van der Waals surface area contributed by atoms with Gasteiger partial charge in [0.2, 0.25) is 0 Å². The molecular weight excluding hydrogens is 560 g/mol. The summed E-state index contributed by atoms with van der Waals surface area (Å²) in [6.07, 6.45) is 8.15. The Morgan fingerprint density at radius 3 is 2.00 bits per heavy atom. The fourth-order valence-electron chi connectivity index (χ4n) is 8.74. The molecule has 2 aliphatic carbocycles. The summed E-state index contributed by atoms with van der Waals surface area (Å²) in [7, 11) is 0. The lowest BCUT2D eigenvalue weighted by atomic mass is 9.54. The lowest BCUT2D eigenvalue weighted by molar-refractivity contribution is 0.0703. The van der Waals surface area contributed by atoms with Gasteiger partial charge in [0.1, 0.15) is 0 Å². The minimum Gasteiger partial charge on any atom is -0.208 e. The first-order chi connectivity index (χ1) is 22.5. The van der Waals surface area contributed by atoms with Gasteiger partial charge in [0.15, 0.2) is 17.5 Å². The Balaban J connectivity index is 1.20. The fourth-order valence-corrected chi connectivity index (χ4v) is 8.74. The maximum Gasteiger partial charge on any atom is 0.164 e. The van der Waals surface area contributed by atoms with E-state index in [1.807, 2.05) is 42.5 Å². The molecule has 8 rings (SSSR count). The molecule has 2 saturated carbocycles. The van der Waals surface area contributed by atoms with Crippen molar-refractivity contribution in [1.29, 1.82) is 5.26 Å². The first kappa shape index (κ1) is 28.6. The van der Waals surface area contributed by atoms with Crippen molar-refractivity contribution in [3.8, 4) is 40.2 Å². The highest BCUT2D eigenvalue weighted by molar-refractivity contribution is 6.08. The Morgan fingerprint density at radius 1 is 0.674 bits per heavy atom. The zero-order valence-electron chi connectivity index (χ0n) is 26.6. The second kappa shape index (κ2) is 11.5. The third-order valence-corrected chi connectivity index (χ3v) is 10.7. The second-order valence-corrected chi connectivity index (χ2v) is 13.9. The molecule has 0 spiro atoms. The van der Waals surface area contributed by atoms with Gasteiger partial charge in [-0.2, -0.15) is 5.26 Å². The van der Waals surface area contributed by atoms with Crippen LogP contribution in [-0.4, -0.2) is 15.0 Å². The number of benzene rings is 5. The van der Waals surface area contributed by atoms with Crippen molar-refractivity contribution in [2.75, 3.05) is 0 Å². The molecule has 46 heavy (non-hydrogen) atoms. The monoisotopic (exact) mass is 598 g/mol. The van der Waals surface area contributed by atoms with E-state index in [1.54, 1.807) is 17.7 Å². The van der Waals surface area contributed by atoms with Crippen LogP contribution < -0.4 is 0 Å². The summed E-state index contributed by atoms with van der Waals surface area (Å²) in [4.78, 5) is 14.7. The highest BCUT2D eigenvalue weighted by Crippen LogP contribution is 2.55. The first-order valence-electron chi connectivity index (χ1n) is 16.8. The molecule has 226 valence electrons. The van der Waals surface area contributed by atoms with Crippen LogP contribution in [0, 0.1) is 29.1 Å². The molecule has 1 unspecified atom stereocenters. The Bertz CT molecular complexity index is 2110. The molecule has 0 N–H and O–H groups in total. The summed E-state index contributed by atoms with van der Waals surface area (Å²) < 4.78 is 0. The summed E-state index contributed by atoms with van der Waals surface area (Å²) in [6.45, 7) is 4.86. The van der Waals surface area contributed by atoms with Crippen LogP contribution in [0.15, 0.2) is 103 Å². The van der Waals surface area contributed by atoms with E-state index >= 15 is 0 Å². The highest BCUT2D eigenvalue weighted by atomic mass is 15.0. The van der Waals surface area contributed by atoms with Crippen LogP contribution in [0.25, 0.3) is 55.7 Å². The van der Waals surface area contributed by atoms with Crippen LogP contribution in [0.1, 0.15) is 63.5 Å². The van der Waals surface area contributed by atoms with Gasteiger partial charge in [-0.25, -0.2) is 15.0 Å². The van der Waals surface area contributed by atoms with Crippen molar-refractivity contribution >= 4 is 21.5 Å². The number of fused-ring (bicyclic) bond motifs is 5. The maximum absolute atomic E-state index is 9.28. The van der Waals surface area contributed by atoms with Crippen molar-refractivity contribution in [3.05, 3.63) is 114 Å². The van der Waals surface area contributed by atoms with Crippen LogP contribution >= 0.6 is 0 Å². The van der Waals surface area contributed by atoms with Crippen LogP contribution in [0.4, 0.5) is 0 Å². The van der Waals surface area contributed by atoms with E-state index in [4.69, 9.17) is 15.0 Å². The number of rotatable bonds is 5. The van der Waals surface area contributed by atoms with Crippen LogP contribution in [0.5, 0.6) is 0 Å². The third-order valence-electron chi connectivity index (χ3n) is 10.7. The smallest absolute Gasteiger partial charge is 0.164 e. The Hall–Kier alpha value is -4.88. The molecule has 0 radical (unpaired) electrons. The average molecular weight is 599 g/mol. The standard InChI is InChI=1S/C42H38N4/c1-3-28-20-30-19-27(2)23-42(24-28,25-30)36-16-18-38-34(22-36)14-13-33-21-35(15-17-37(33)38)41-45-39(31-7-5-4-6-8-31)44-40(46-41)32-11-9-29(26-43)10-12-32/h4-18,21-22,27-28,30H,3,19-20,23-25H2,1-2H3/t27-,28+,30-,42?/m0/s1. The van der Waals surface area contributed by atoms with Crippen molar-refractivity contribution in [3.63, 3.8) is 0 Å². The Morgan fingerprint density at radius 2 is 1.30 bits per heavy atom. The second-order valence-electron chi connectivity index (χ2n) is 13.9. The van der Waals surface area contributed by atoms with Crippen LogP contribution in [0.2, 0.25) is 0 Å². The van der Waals surface area contributed by atoms with E-state index in [2.05, 4.69) is 68.4 Å². The third kappa shape index (κ3) is 5.14. The minimum atomic E-state index is 0.329. The molecule has 1 aromatic heterocycles. The van der Waals surface area contributed by atoms with Crippen molar-refractivity contribution in [1.82, 2.24) is 15.0 Å². The zero-order valence-corrected chi connectivity index (χ0v) is 26.6. The van der Waals surface area contributed by atoms with Crippen LogP contribution in [-0.2, 0) is 5.41 Å². The summed E-state index contributed by atoms with van der Waals surface area (Å²) in [5.74, 6) is 4.38. The quantitative estimate of drug-likeness (QED) is 0.185. The molecule has 2 aliphatic rings.